The van der Waals surface area contributed by atoms with E-state index in [1.165, 1.54) is 11.8 Å². The van der Waals surface area contributed by atoms with Crippen molar-refractivity contribution in [3.05, 3.63) is 29.8 Å². The maximum absolute atomic E-state index is 11.6. The largest absolute Gasteiger partial charge is 0.456 e. The summed E-state index contributed by atoms with van der Waals surface area (Å²) < 4.78 is 4.56. The van der Waals surface area contributed by atoms with E-state index in [2.05, 4.69) is 10.1 Å². The molecule has 1 aromatic carbocycles. The molecule has 0 saturated carbocycles. The number of nitrogens with zero attached hydrogens (tertiary/aromatic N) is 1. The standard InChI is InChI=1S/C13H16N2O4/c1-9(16)19-8-12(17)14-11-6-4-10(5-7-11)13(18)15(2)3/h4-7H,8H2,1-3H3,(H,14,17). The Balaban J connectivity index is 2.59. The molecule has 0 aliphatic heterocycles. The Morgan fingerprint density at radius 3 is 2.21 bits per heavy atom. The quantitative estimate of drug-likeness (QED) is 0.819. The van der Waals surface area contributed by atoms with Crippen molar-refractivity contribution < 1.29 is 19.1 Å². The van der Waals surface area contributed by atoms with Crippen molar-refractivity contribution in [2.45, 2.75) is 6.92 Å². The van der Waals surface area contributed by atoms with Gasteiger partial charge in [-0.05, 0) is 24.3 Å². The SMILES string of the molecule is CC(=O)OCC(=O)Nc1ccc(C(=O)N(C)C)cc1. The highest BCUT2D eigenvalue weighted by Gasteiger charge is 2.08. The van der Waals surface area contributed by atoms with Crippen LogP contribution in [0, 0.1) is 0 Å². The number of rotatable bonds is 4. The highest BCUT2D eigenvalue weighted by molar-refractivity contribution is 5.96. The van der Waals surface area contributed by atoms with Crippen molar-refractivity contribution in [1.82, 2.24) is 4.90 Å². The van der Waals surface area contributed by atoms with Crippen molar-refractivity contribution in [2.24, 2.45) is 0 Å². The van der Waals surface area contributed by atoms with E-state index in [0.717, 1.165) is 0 Å². The van der Waals surface area contributed by atoms with Crippen molar-refractivity contribution >= 4 is 23.5 Å². The first kappa shape index (κ1) is 14.7. The third-order valence-electron chi connectivity index (χ3n) is 2.23. The summed E-state index contributed by atoms with van der Waals surface area (Å²) in [5.74, 6) is -1.05. The molecule has 0 bridgehead atoms. The monoisotopic (exact) mass is 264 g/mol. The number of benzene rings is 1. The summed E-state index contributed by atoms with van der Waals surface area (Å²) in [6.07, 6.45) is 0. The number of esters is 1. The molecule has 1 aromatic rings. The predicted molar refractivity (Wildman–Crippen MR) is 69.7 cm³/mol. The molecule has 6 heteroatoms. The lowest BCUT2D eigenvalue weighted by Crippen LogP contribution is -2.22. The van der Waals surface area contributed by atoms with Gasteiger partial charge in [0.15, 0.2) is 6.61 Å². The van der Waals surface area contributed by atoms with Gasteiger partial charge in [0.05, 0.1) is 0 Å². The van der Waals surface area contributed by atoms with Gasteiger partial charge in [-0.2, -0.15) is 0 Å². The summed E-state index contributed by atoms with van der Waals surface area (Å²) in [5, 5.41) is 2.55. The summed E-state index contributed by atoms with van der Waals surface area (Å²) in [6.45, 7) is 0.905. The molecule has 1 rings (SSSR count). The summed E-state index contributed by atoms with van der Waals surface area (Å²) >= 11 is 0. The lowest BCUT2D eigenvalue weighted by Gasteiger charge is -2.11. The van der Waals surface area contributed by atoms with Crippen LogP contribution < -0.4 is 5.32 Å². The molecule has 0 saturated heterocycles. The van der Waals surface area contributed by atoms with Gasteiger partial charge >= 0.3 is 5.97 Å². The average molecular weight is 264 g/mol. The number of anilines is 1. The van der Waals surface area contributed by atoms with Gasteiger partial charge in [-0.25, -0.2) is 0 Å². The van der Waals surface area contributed by atoms with E-state index < -0.39 is 11.9 Å². The Hall–Kier alpha value is -2.37. The molecule has 1 N–H and O–H groups in total. The minimum atomic E-state index is -0.512. The highest BCUT2D eigenvalue weighted by atomic mass is 16.5. The lowest BCUT2D eigenvalue weighted by atomic mass is 10.2. The molecule has 0 aliphatic rings. The van der Waals surface area contributed by atoms with Crippen molar-refractivity contribution in [2.75, 3.05) is 26.0 Å². The van der Waals surface area contributed by atoms with Crippen molar-refractivity contribution in [3.8, 4) is 0 Å². The van der Waals surface area contributed by atoms with Crippen LogP contribution in [0.2, 0.25) is 0 Å². The third kappa shape index (κ3) is 4.79. The maximum atomic E-state index is 11.6. The molecular weight excluding hydrogens is 248 g/mol. The number of amides is 2. The predicted octanol–water partition coefficient (Wildman–Crippen LogP) is 0.890. The fourth-order valence-corrected chi connectivity index (χ4v) is 1.32. The summed E-state index contributed by atoms with van der Waals surface area (Å²) in [6, 6.07) is 6.46. The molecule has 102 valence electrons. The van der Waals surface area contributed by atoms with E-state index >= 15 is 0 Å². The van der Waals surface area contributed by atoms with Gasteiger partial charge < -0.3 is 15.0 Å². The first-order valence-electron chi connectivity index (χ1n) is 5.65. The van der Waals surface area contributed by atoms with Crippen LogP contribution in [0.4, 0.5) is 5.69 Å². The molecule has 19 heavy (non-hydrogen) atoms. The van der Waals surface area contributed by atoms with Crippen LogP contribution in [0.1, 0.15) is 17.3 Å². The Labute approximate surface area is 111 Å². The Kier molecular flexibility index (Phi) is 5.05. The molecule has 0 fully saturated rings. The smallest absolute Gasteiger partial charge is 0.303 e. The molecule has 2 amide bonds. The van der Waals surface area contributed by atoms with Crippen molar-refractivity contribution in [3.63, 3.8) is 0 Å². The minimum Gasteiger partial charge on any atom is -0.456 e. The Bertz CT molecular complexity index is 480. The molecular formula is C13H16N2O4. The van der Waals surface area contributed by atoms with Gasteiger partial charge in [0, 0.05) is 32.3 Å². The van der Waals surface area contributed by atoms with Crippen LogP contribution in [0.15, 0.2) is 24.3 Å². The van der Waals surface area contributed by atoms with Crippen LogP contribution in [0.5, 0.6) is 0 Å². The van der Waals surface area contributed by atoms with E-state index in [4.69, 9.17) is 0 Å². The zero-order valence-electron chi connectivity index (χ0n) is 11.1. The fourth-order valence-electron chi connectivity index (χ4n) is 1.32. The van der Waals surface area contributed by atoms with Crippen LogP contribution in [0.3, 0.4) is 0 Å². The topological polar surface area (TPSA) is 75.7 Å². The van der Waals surface area contributed by atoms with Gasteiger partial charge in [0.25, 0.3) is 11.8 Å². The Morgan fingerprint density at radius 2 is 1.74 bits per heavy atom. The van der Waals surface area contributed by atoms with Crippen molar-refractivity contribution in [1.29, 1.82) is 0 Å². The zero-order chi connectivity index (χ0) is 14.4. The summed E-state index contributed by atoms with van der Waals surface area (Å²) in [7, 11) is 3.33. The summed E-state index contributed by atoms with van der Waals surface area (Å²) in [5.41, 5.74) is 1.07. The third-order valence-corrected chi connectivity index (χ3v) is 2.23. The fraction of sp³-hybridized carbons (Fsp3) is 0.308. The van der Waals surface area contributed by atoms with E-state index in [1.807, 2.05) is 0 Å². The number of carbonyl (C=O) groups excluding carboxylic acids is 3. The first-order chi connectivity index (χ1) is 8.90. The minimum absolute atomic E-state index is 0.113. The van der Waals surface area contributed by atoms with E-state index in [0.29, 0.717) is 11.3 Å². The molecule has 0 atom stereocenters. The number of carbonyl (C=O) groups is 3. The maximum Gasteiger partial charge on any atom is 0.303 e. The molecule has 0 heterocycles. The molecule has 0 aliphatic carbocycles. The number of ether oxygens (including phenoxy) is 1. The van der Waals surface area contributed by atoms with Crippen LogP contribution in [0.25, 0.3) is 0 Å². The normalized spacial score (nSPS) is 9.63. The molecule has 0 unspecified atom stereocenters. The van der Waals surface area contributed by atoms with Gasteiger partial charge in [-0.15, -0.1) is 0 Å². The number of nitrogens with one attached hydrogen (secondary N) is 1. The van der Waals surface area contributed by atoms with Crippen LogP contribution in [-0.2, 0) is 14.3 Å². The van der Waals surface area contributed by atoms with Gasteiger partial charge in [-0.1, -0.05) is 0 Å². The molecule has 0 spiro atoms. The first-order valence-corrected chi connectivity index (χ1v) is 5.65. The number of hydrogen-bond acceptors (Lipinski definition) is 4. The highest BCUT2D eigenvalue weighted by Crippen LogP contribution is 2.10. The second-order valence-corrected chi connectivity index (χ2v) is 4.11. The summed E-state index contributed by atoms with van der Waals surface area (Å²) in [4.78, 5) is 35.0. The molecule has 6 nitrogen and oxygen atoms in total. The number of hydrogen-bond donors (Lipinski definition) is 1. The molecule has 0 radical (unpaired) electrons. The Morgan fingerprint density at radius 1 is 1.16 bits per heavy atom. The van der Waals surface area contributed by atoms with Crippen LogP contribution in [-0.4, -0.2) is 43.4 Å². The van der Waals surface area contributed by atoms with E-state index in [1.54, 1.807) is 38.4 Å². The zero-order valence-corrected chi connectivity index (χ0v) is 11.1. The van der Waals surface area contributed by atoms with E-state index in [-0.39, 0.29) is 12.5 Å². The van der Waals surface area contributed by atoms with Gasteiger partial charge in [-0.3, -0.25) is 14.4 Å². The van der Waals surface area contributed by atoms with Gasteiger partial charge in [0.1, 0.15) is 0 Å². The van der Waals surface area contributed by atoms with Gasteiger partial charge in [0.2, 0.25) is 0 Å². The lowest BCUT2D eigenvalue weighted by molar-refractivity contribution is -0.144. The second kappa shape index (κ2) is 6.53. The average Bonchev–Trinajstić information content (AvgIpc) is 2.36. The molecule has 0 aromatic heterocycles. The van der Waals surface area contributed by atoms with E-state index in [9.17, 15) is 14.4 Å². The second-order valence-electron chi connectivity index (χ2n) is 4.11. The van der Waals surface area contributed by atoms with Crippen LogP contribution >= 0.6 is 0 Å².